The number of nitrogens with one attached hydrogen (secondary N) is 1. The molecule has 1 amide bonds. The van der Waals surface area contributed by atoms with Crippen LogP contribution < -0.4 is 5.32 Å². The Balaban J connectivity index is 1.93. The lowest BCUT2D eigenvalue weighted by atomic mass is 10.1. The van der Waals surface area contributed by atoms with Crippen molar-refractivity contribution >= 4 is 29.1 Å². The first kappa shape index (κ1) is 14.9. The van der Waals surface area contributed by atoms with E-state index < -0.39 is 0 Å². The molecule has 106 valence electrons. The van der Waals surface area contributed by atoms with Crippen LogP contribution in [0.4, 0.5) is 0 Å². The summed E-state index contributed by atoms with van der Waals surface area (Å²) in [6, 6.07) is 5.35. The number of aryl methyl sites for hydroxylation is 1. The summed E-state index contributed by atoms with van der Waals surface area (Å²) in [4.78, 5) is 12.0. The van der Waals surface area contributed by atoms with E-state index in [0.29, 0.717) is 28.6 Å². The molecule has 0 fully saturated rings. The van der Waals surface area contributed by atoms with Crippen LogP contribution in [0.2, 0.25) is 10.0 Å². The topological polar surface area (TPSA) is 46.9 Å². The fourth-order valence-electron chi connectivity index (χ4n) is 1.85. The maximum Gasteiger partial charge on any atom is 0.254 e. The second kappa shape index (κ2) is 6.29. The van der Waals surface area contributed by atoms with Crippen molar-refractivity contribution in [1.82, 2.24) is 15.1 Å². The Morgan fingerprint density at radius 1 is 1.40 bits per heavy atom. The number of carbonyl (C=O) groups excluding carboxylic acids is 1. The molecule has 0 unspecified atom stereocenters. The van der Waals surface area contributed by atoms with Crippen LogP contribution >= 0.6 is 23.2 Å². The summed E-state index contributed by atoms with van der Waals surface area (Å²) >= 11 is 11.9. The smallest absolute Gasteiger partial charge is 0.254 e. The highest BCUT2D eigenvalue weighted by Gasteiger charge is 2.12. The fourth-order valence-corrected chi connectivity index (χ4v) is 2.35. The van der Waals surface area contributed by atoms with E-state index in [4.69, 9.17) is 23.2 Å². The van der Waals surface area contributed by atoms with Gasteiger partial charge in [0.25, 0.3) is 5.91 Å². The van der Waals surface area contributed by atoms with Gasteiger partial charge >= 0.3 is 0 Å². The quantitative estimate of drug-likeness (QED) is 0.943. The lowest BCUT2D eigenvalue weighted by molar-refractivity contribution is 0.0953. The maximum atomic E-state index is 12.0. The summed E-state index contributed by atoms with van der Waals surface area (Å²) in [6.07, 6.45) is 2.22. The van der Waals surface area contributed by atoms with E-state index in [1.54, 1.807) is 30.1 Å². The number of halogens is 2. The van der Waals surface area contributed by atoms with Gasteiger partial charge < -0.3 is 5.32 Å². The number of hydrogen-bond acceptors (Lipinski definition) is 2. The standard InChI is InChI=1S/C14H15Cl2N3O/c1-9-12(8-18-19(9)2)14(20)17-6-5-10-3-4-11(15)7-13(10)16/h3-4,7-8H,5-6H2,1-2H3,(H,17,20). The van der Waals surface area contributed by atoms with Gasteiger partial charge in [-0.25, -0.2) is 0 Å². The van der Waals surface area contributed by atoms with Crippen LogP contribution in [0.15, 0.2) is 24.4 Å². The average molecular weight is 312 g/mol. The van der Waals surface area contributed by atoms with Gasteiger partial charge in [0.05, 0.1) is 11.8 Å². The molecule has 0 atom stereocenters. The summed E-state index contributed by atoms with van der Waals surface area (Å²) in [7, 11) is 1.81. The Hall–Kier alpha value is -1.52. The Bertz CT molecular complexity index is 637. The van der Waals surface area contributed by atoms with Gasteiger partial charge in [-0.05, 0) is 31.0 Å². The summed E-state index contributed by atoms with van der Waals surface area (Å²) in [5.41, 5.74) is 2.39. The predicted molar refractivity (Wildman–Crippen MR) is 80.4 cm³/mol. The molecule has 20 heavy (non-hydrogen) atoms. The zero-order valence-corrected chi connectivity index (χ0v) is 12.8. The highest BCUT2D eigenvalue weighted by Crippen LogP contribution is 2.21. The predicted octanol–water partition coefficient (Wildman–Crippen LogP) is 3.01. The molecule has 2 aromatic rings. The molecule has 0 radical (unpaired) electrons. The molecule has 4 nitrogen and oxygen atoms in total. The van der Waals surface area contributed by atoms with E-state index in [1.807, 2.05) is 13.0 Å². The molecule has 0 bridgehead atoms. The van der Waals surface area contributed by atoms with Crippen LogP contribution in [0.25, 0.3) is 0 Å². The second-order valence-corrected chi connectivity index (χ2v) is 5.35. The maximum absolute atomic E-state index is 12.0. The third-order valence-electron chi connectivity index (χ3n) is 3.17. The van der Waals surface area contributed by atoms with Gasteiger partial charge in [-0.3, -0.25) is 9.48 Å². The first-order valence-electron chi connectivity index (χ1n) is 6.19. The number of carbonyl (C=O) groups is 1. The fraction of sp³-hybridized carbons (Fsp3) is 0.286. The molecule has 1 heterocycles. The van der Waals surface area contributed by atoms with Crippen molar-refractivity contribution < 1.29 is 4.79 Å². The molecule has 0 saturated carbocycles. The number of benzene rings is 1. The monoisotopic (exact) mass is 311 g/mol. The third kappa shape index (κ3) is 3.32. The highest BCUT2D eigenvalue weighted by atomic mass is 35.5. The van der Waals surface area contributed by atoms with Crippen molar-refractivity contribution in [2.45, 2.75) is 13.3 Å². The lowest BCUT2D eigenvalue weighted by Crippen LogP contribution is -2.26. The molecule has 1 aromatic carbocycles. The minimum atomic E-state index is -0.124. The number of aromatic nitrogens is 2. The van der Waals surface area contributed by atoms with Crippen molar-refractivity contribution in [3.63, 3.8) is 0 Å². The molecule has 1 aromatic heterocycles. The molecular formula is C14H15Cl2N3O. The highest BCUT2D eigenvalue weighted by molar-refractivity contribution is 6.35. The zero-order valence-electron chi connectivity index (χ0n) is 11.3. The lowest BCUT2D eigenvalue weighted by Gasteiger charge is -2.07. The normalized spacial score (nSPS) is 10.6. The molecule has 6 heteroatoms. The Kier molecular flexibility index (Phi) is 4.68. The summed E-state index contributed by atoms with van der Waals surface area (Å²) < 4.78 is 1.67. The molecule has 0 aliphatic carbocycles. The van der Waals surface area contributed by atoms with E-state index in [1.165, 1.54) is 0 Å². The molecule has 0 aliphatic rings. The first-order valence-corrected chi connectivity index (χ1v) is 6.95. The van der Waals surface area contributed by atoms with Crippen LogP contribution in [0, 0.1) is 6.92 Å². The van der Waals surface area contributed by atoms with E-state index >= 15 is 0 Å². The van der Waals surface area contributed by atoms with Gasteiger partial charge in [-0.15, -0.1) is 0 Å². The van der Waals surface area contributed by atoms with Crippen LogP contribution in [0.3, 0.4) is 0 Å². The van der Waals surface area contributed by atoms with Crippen molar-refractivity contribution in [2.75, 3.05) is 6.54 Å². The van der Waals surface area contributed by atoms with E-state index in [0.717, 1.165) is 11.3 Å². The zero-order chi connectivity index (χ0) is 14.7. The molecular weight excluding hydrogens is 297 g/mol. The first-order chi connectivity index (χ1) is 9.49. The Morgan fingerprint density at radius 2 is 2.15 bits per heavy atom. The van der Waals surface area contributed by atoms with Crippen LogP contribution in [-0.2, 0) is 13.5 Å². The molecule has 2 rings (SSSR count). The molecule has 0 saturated heterocycles. The summed E-state index contributed by atoms with van der Waals surface area (Å²) in [6.45, 7) is 2.37. The summed E-state index contributed by atoms with van der Waals surface area (Å²) in [5, 5.41) is 8.13. The van der Waals surface area contributed by atoms with Gasteiger partial charge in [-0.2, -0.15) is 5.10 Å². The number of amides is 1. The minimum Gasteiger partial charge on any atom is -0.352 e. The number of hydrogen-bond donors (Lipinski definition) is 1. The average Bonchev–Trinajstić information content (AvgIpc) is 2.72. The van der Waals surface area contributed by atoms with Gasteiger partial charge in [0.2, 0.25) is 0 Å². The van der Waals surface area contributed by atoms with Gasteiger partial charge in [0, 0.05) is 29.3 Å². The van der Waals surface area contributed by atoms with Crippen LogP contribution in [-0.4, -0.2) is 22.2 Å². The largest absolute Gasteiger partial charge is 0.352 e. The SMILES string of the molecule is Cc1c(C(=O)NCCc2ccc(Cl)cc2Cl)cnn1C. The molecule has 0 spiro atoms. The van der Waals surface area contributed by atoms with Crippen molar-refractivity contribution in [2.24, 2.45) is 7.05 Å². The molecule has 0 aliphatic heterocycles. The van der Waals surface area contributed by atoms with Crippen LogP contribution in [0.1, 0.15) is 21.6 Å². The Labute approximate surface area is 127 Å². The van der Waals surface area contributed by atoms with E-state index in [2.05, 4.69) is 10.4 Å². The van der Waals surface area contributed by atoms with Gasteiger partial charge in [0.15, 0.2) is 0 Å². The van der Waals surface area contributed by atoms with Gasteiger partial charge in [-0.1, -0.05) is 29.3 Å². The Morgan fingerprint density at radius 3 is 2.75 bits per heavy atom. The van der Waals surface area contributed by atoms with E-state index in [-0.39, 0.29) is 5.91 Å². The number of nitrogens with zero attached hydrogens (tertiary/aromatic N) is 2. The number of rotatable bonds is 4. The van der Waals surface area contributed by atoms with Crippen LogP contribution in [0.5, 0.6) is 0 Å². The van der Waals surface area contributed by atoms with Crippen molar-refractivity contribution in [1.29, 1.82) is 0 Å². The second-order valence-electron chi connectivity index (χ2n) is 4.51. The minimum absolute atomic E-state index is 0.124. The van der Waals surface area contributed by atoms with Gasteiger partial charge in [0.1, 0.15) is 0 Å². The van der Waals surface area contributed by atoms with Crippen molar-refractivity contribution in [3.8, 4) is 0 Å². The van der Waals surface area contributed by atoms with E-state index in [9.17, 15) is 4.79 Å². The summed E-state index contributed by atoms with van der Waals surface area (Å²) in [5.74, 6) is -0.124. The molecule has 1 N–H and O–H groups in total. The third-order valence-corrected chi connectivity index (χ3v) is 3.76. The van der Waals surface area contributed by atoms with Crippen molar-refractivity contribution in [3.05, 3.63) is 51.3 Å².